The number of amides is 2. The number of furan rings is 1. The minimum absolute atomic E-state index is 0.0619. The van der Waals surface area contributed by atoms with Gasteiger partial charge in [0.15, 0.2) is 0 Å². The van der Waals surface area contributed by atoms with Gasteiger partial charge in [-0.1, -0.05) is 41.4 Å². The second-order valence-electron chi connectivity index (χ2n) is 7.34. The minimum atomic E-state index is -0.589. The lowest BCUT2D eigenvalue weighted by Crippen LogP contribution is -2.26. The summed E-state index contributed by atoms with van der Waals surface area (Å²) < 4.78 is 7.00. The van der Waals surface area contributed by atoms with Crippen LogP contribution in [0.1, 0.15) is 11.3 Å². The molecule has 0 saturated carbocycles. The van der Waals surface area contributed by atoms with Gasteiger partial charge in [0.2, 0.25) is 5.91 Å². The number of nitrogens with zero attached hydrogens (tertiary/aromatic N) is 2. The Morgan fingerprint density at radius 2 is 1.91 bits per heavy atom. The molecule has 4 aromatic rings. The number of halogens is 2. The molecule has 2 amide bonds. The first kappa shape index (κ1) is 23.2. The Labute approximate surface area is 205 Å². The zero-order valence-corrected chi connectivity index (χ0v) is 19.2. The summed E-state index contributed by atoms with van der Waals surface area (Å²) in [5.74, 6) is -0.138. The summed E-state index contributed by atoms with van der Waals surface area (Å²) in [7, 11) is 0. The van der Waals surface area contributed by atoms with Gasteiger partial charge in [-0.15, -0.1) is 0 Å². The van der Waals surface area contributed by atoms with Crippen LogP contribution in [0.5, 0.6) is 0 Å². The second kappa shape index (κ2) is 10.3. The molecule has 2 aromatic heterocycles. The molecular formula is C25H18Cl2N4O3. The second-order valence-corrected chi connectivity index (χ2v) is 8.15. The van der Waals surface area contributed by atoms with Crippen molar-refractivity contribution in [2.24, 2.45) is 0 Å². The van der Waals surface area contributed by atoms with E-state index in [1.807, 2.05) is 30.3 Å². The molecule has 0 atom stereocenters. The van der Waals surface area contributed by atoms with E-state index in [9.17, 15) is 14.9 Å². The van der Waals surface area contributed by atoms with Crippen molar-refractivity contribution in [3.8, 4) is 6.07 Å². The fourth-order valence-electron chi connectivity index (χ4n) is 3.41. The molecule has 170 valence electrons. The third kappa shape index (κ3) is 5.31. The van der Waals surface area contributed by atoms with E-state index in [2.05, 4.69) is 10.6 Å². The number of hydrogen-bond donors (Lipinski definition) is 2. The van der Waals surface area contributed by atoms with E-state index in [0.717, 1.165) is 10.9 Å². The van der Waals surface area contributed by atoms with Crippen LogP contribution in [0.2, 0.25) is 10.0 Å². The zero-order chi connectivity index (χ0) is 24.1. The van der Waals surface area contributed by atoms with E-state index in [0.29, 0.717) is 22.0 Å². The highest BCUT2D eigenvalue weighted by atomic mass is 35.5. The molecule has 34 heavy (non-hydrogen) atoms. The highest BCUT2D eigenvalue weighted by Gasteiger charge is 2.14. The Morgan fingerprint density at radius 1 is 1.09 bits per heavy atom. The number of anilines is 1. The lowest BCUT2D eigenvalue weighted by atomic mass is 10.1. The molecule has 2 heterocycles. The van der Waals surface area contributed by atoms with E-state index < -0.39 is 5.91 Å². The number of para-hydroxylation sites is 1. The SMILES string of the molecule is N#CC(=Cc1cn(CC(=O)NCc2ccco2)c2ccccc12)C(=O)Nc1ccc(Cl)c(Cl)c1. The molecule has 9 heteroatoms. The minimum Gasteiger partial charge on any atom is -0.467 e. The van der Waals surface area contributed by atoms with Gasteiger partial charge in [0.05, 0.1) is 22.9 Å². The number of nitrogens with one attached hydrogen (secondary N) is 2. The number of benzene rings is 2. The Balaban J connectivity index is 1.56. The van der Waals surface area contributed by atoms with Gasteiger partial charge in [-0.05, 0) is 42.5 Å². The van der Waals surface area contributed by atoms with Crippen LogP contribution in [0, 0.1) is 11.3 Å². The third-order valence-corrected chi connectivity index (χ3v) is 5.75. The van der Waals surface area contributed by atoms with Crippen LogP contribution >= 0.6 is 23.2 Å². The van der Waals surface area contributed by atoms with E-state index in [-0.39, 0.29) is 29.6 Å². The molecular weight excluding hydrogens is 475 g/mol. The van der Waals surface area contributed by atoms with Gasteiger partial charge in [-0.2, -0.15) is 5.26 Å². The van der Waals surface area contributed by atoms with Gasteiger partial charge in [0.25, 0.3) is 5.91 Å². The molecule has 0 spiro atoms. The predicted octanol–water partition coefficient (Wildman–Crippen LogP) is 5.40. The van der Waals surface area contributed by atoms with Crippen molar-refractivity contribution >= 4 is 57.7 Å². The molecule has 0 fully saturated rings. The highest BCUT2D eigenvalue weighted by molar-refractivity contribution is 6.42. The van der Waals surface area contributed by atoms with Crippen molar-refractivity contribution in [3.05, 3.63) is 94.0 Å². The van der Waals surface area contributed by atoms with Crippen molar-refractivity contribution in [2.45, 2.75) is 13.1 Å². The molecule has 0 unspecified atom stereocenters. The van der Waals surface area contributed by atoms with Crippen molar-refractivity contribution in [3.63, 3.8) is 0 Å². The maximum Gasteiger partial charge on any atom is 0.266 e. The van der Waals surface area contributed by atoms with Crippen LogP contribution in [-0.2, 0) is 22.7 Å². The van der Waals surface area contributed by atoms with Crippen LogP contribution in [0.3, 0.4) is 0 Å². The van der Waals surface area contributed by atoms with E-state index in [1.165, 1.54) is 12.1 Å². The number of hydrogen-bond acceptors (Lipinski definition) is 4. The fraction of sp³-hybridized carbons (Fsp3) is 0.0800. The standard InChI is InChI=1S/C25H18Cl2N4O3/c26-21-8-7-18(11-22(21)27)30-25(33)16(12-28)10-17-14-31(23-6-2-1-5-20(17)23)15-24(32)29-13-19-4-3-9-34-19/h1-11,14H,13,15H2,(H,29,32)(H,30,33). The molecule has 0 bridgehead atoms. The Kier molecular flexibility index (Phi) is 7.02. The van der Waals surface area contributed by atoms with Crippen LogP contribution < -0.4 is 10.6 Å². The van der Waals surface area contributed by atoms with Crippen molar-refractivity contribution in [1.82, 2.24) is 9.88 Å². The normalized spacial score (nSPS) is 11.3. The van der Waals surface area contributed by atoms with E-state index in [4.69, 9.17) is 27.6 Å². The number of carbonyl (C=O) groups is 2. The molecule has 7 nitrogen and oxygen atoms in total. The van der Waals surface area contributed by atoms with Crippen molar-refractivity contribution in [1.29, 1.82) is 5.26 Å². The maximum absolute atomic E-state index is 12.7. The third-order valence-electron chi connectivity index (χ3n) is 5.02. The van der Waals surface area contributed by atoms with Gasteiger partial charge in [-0.3, -0.25) is 9.59 Å². The maximum atomic E-state index is 12.7. The van der Waals surface area contributed by atoms with Crippen molar-refractivity contribution < 1.29 is 14.0 Å². The topological polar surface area (TPSA) is 100 Å². The molecule has 2 aromatic carbocycles. The van der Waals surface area contributed by atoms with Gasteiger partial charge < -0.3 is 19.6 Å². The first-order valence-corrected chi connectivity index (χ1v) is 11.0. The number of carbonyl (C=O) groups excluding carboxylic acids is 2. The lowest BCUT2D eigenvalue weighted by Gasteiger charge is -2.06. The lowest BCUT2D eigenvalue weighted by molar-refractivity contribution is -0.121. The molecule has 0 aliphatic carbocycles. The first-order chi connectivity index (χ1) is 16.4. The van der Waals surface area contributed by atoms with Crippen LogP contribution in [0.4, 0.5) is 5.69 Å². The number of fused-ring (bicyclic) bond motifs is 1. The number of rotatable bonds is 7. The fourth-order valence-corrected chi connectivity index (χ4v) is 3.70. The van der Waals surface area contributed by atoms with Crippen LogP contribution in [0.25, 0.3) is 17.0 Å². The van der Waals surface area contributed by atoms with Gasteiger partial charge in [0.1, 0.15) is 23.9 Å². The summed E-state index contributed by atoms with van der Waals surface area (Å²) in [6.45, 7) is 0.345. The van der Waals surface area contributed by atoms with Gasteiger partial charge >= 0.3 is 0 Å². The molecule has 0 saturated heterocycles. The van der Waals surface area contributed by atoms with Gasteiger partial charge in [0, 0.05) is 28.4 Å². The quantitative estimate of drug-likeness (QED) is 0.266. The molecule has 0 aliphatic rings. The number of aromatic nitrogens is 1. The van der Waals surface area contributed by atoms with Crippen LogP contribution in [0.15, 0.2) is 77.0 Å². The Hall–Kier alpha value is -3.99. The average Bonchev–Trinajstić information content (AvgIpc) is 3.47. The summed E-state index contributed by atoms with van der Waals surface area (Å²) in [6, 6.07) is 17.6. The summed E-state index contributed by atoms with van der Waals surface area (Å²) in [5, 5.41) is 16.5. The summed E-state index contributed by atoms with van der Waals surface area (Å²) in [4.78, 5) is 25.2. The predicted molar refractivity (Wildman–Crippen MR) is 131 cm³/mol. The Morgan fingerprint density at radius 3 is 2.65 bits per heavy atom. The molecule has 0 aliphatic heterocycles. The highest BCUT2D eigenvalue weighted by Crippen LogP contribution is 2.26. The smallest absolute Gasteiger partial charge is 0.266 e. The average molecular weight is 493 g/mol. The molecule has 4 rings (SSSR count). The number of nitriles is 1. The van der Waals surface area contributed by atoms with Gasteiger partial charge in [-0.25, -0.2) is 0 Å². The van der Waals surface area contributed by atoms with E-state index >= 15 is 0 Å². The molecule has 0 radical (unpaired) electrons. The zero-order valence-electron chi connectivity index (χ0n) is 17.7. The van der Waals surface area contributed by atoms with Crippen molar-refractivity contribution in [2.75, 3.05) is 5.32 Å². The monoisotopic (exact) mass is 492 g/mol. The van der Waals surface area contributed by atoms with E-state index in [1.54, 1.807) is 41.3 Å². The Bertz CT molecular complexity index is 1430. The summed E-state index contributed by atoms with van der Waals surface area (Å²) >= 11 is 11.9. The summed E-state index contributed by atoms with van der Waals surface area (Å²) in [5.41, 5.74) is 1.74. The molecule has 2 N–H and O–H groups in total. The largest absolute Gasteiger partial charge is 0.467 e. The summed E-state index contributed by atoms with van der Waals surface area (Å²) in [6.07, 6.45) is 4.78. The van der Waals surface area contributed by atoms with Crippen LogP contribution in [-0.4, -0.2) is 16.4 Å². The first-order valence-electron chi connectivity index (χ1n) is 10.2.